The Labute approximate surface area is 184 Å². The van der Waals surface area contributed by atoms with Gasteiger partial charge in [-0.1, -0.05) is 6.07 Å². The highest BCUT2D eigenvalue weighted by molar-refractivity contribution is 5.98. The van der Waals surface area contributed by atoms with Gasteiger partial charge in [0.1, 0.15) is 11.6 Å². The largest absolute Gasteiger partial charge is 0.467 e. The molecule has 0 saturated carbocycles. The number of fused-ring (bicyclic) bond motifs is 1. The molecule has 1 aliphatic rings. The zero-order chi connectivity index (χ0) is 22.1. The van der Waals surface area contributed by atoms with Crippen molar-refractivity contribution in [3.05, 3.63) is 88.5 Å². The minimum atomic E-state index is -0.194. The number of hydrogen-bond acceptors (Lipinski definition) is 6. The number of anilines is 1. The lowest BCUT2D eigenvalue weighted by Gasteiger charge is -2.35. The number of pyridine rings is 3. The van der Waals surface area contributed by atoms with E-state index in [0.717, 1.165) is 5.82 Å². The summed E-state index contributed by atoms with van der Waals surface area (Å²) in [4.78, 5) is 39.3. The van der Waals surface area contributed by atoms with Crippen LogP contribution < -0.4 is 10.5 Å². The molecule has 162 valence electrons. The van der Waals surface area contributed by atoms with Gasteiger partial charge in [-0.3, -0.25) is 14.6 Å². The van der Waals surface area contributed by atoms with Crippen LogP contribution in [0, 0.1) is 6.92 Å². The standard InChI is InChI=1S/C24H23N5O3/c1-17-19(23(30)28-12-10-27(11-13-28)22-6-2-3-8-25-22)15-20-21(26-17)7-9-29(24(20)31)16-18-5-4-14-32-18/h2-9,14-15H,10-13,16H2,1H3. The second-order valence-electron chi connectivity index (χ2n) is 7.85. The molecule has 8 heteroatoms. The predicted octanol–water partition coefficient (Wildman–Crippen LogP) is 2.70. The fourth-order valence-corrected chi connectivity index (χ4v) is 4.07. The van der Waals surface area contributed by atoms with E-state index in [1.54, 1.807) is 41.4 Å². The van der Waals surface area contributed by atoms with Crippen LogP contribution >= 0.6 is 0 Å². The van der Waals surface area contributed by atoms with E-state index in [9.17, 15) is 9.59 Å². The molecule has 5 heterocycles. The molecule has 8 nitrogen and oxygen atoms in total. The Balaban J connectivity index is 1.39. The molecule has 5 rings (SSSR count). The summed E-state index contributed by atoms with van der Waals surface area (Å²) < 4.78 is 6.93. The van der Waals surface area contributed by atoms with Crippen molar-refractivity contribution in [2.24, 2.45) is 0 Å². The van der Waals surface area contributed by atoms with Crippen molar-refractivity contribution in [2.75, 3.05) is 31.1 Å². The highest BCUT2D eigenvalue weighted by Gasteiger charge is 2.25. The summed E-state index contributed by atoms with van der Waals surface area (Å²) in [6.07, 6.45) is 5.06. The van der Waals surface area contributed by atoms with Crippen molar-refractivity contribution in [3.63, 3.8) is 0 Å². The van der Waals surface area contributed by atoms with Crippen molar-refractivity contribution in [1.82, 2.24) is 19.4 Å². The molecule has 0 aromatic carbocycles. The Hall–Kier alpha value is -3.94. The summed E-state index contributed by atoms with van der Waals surface area (Å²) in [5.74, 6) is 1.51. The van der Waals surface area contributed by atoms with Crippen LogP contribution in [0.2, 0.25) is 0 Å². The lowest BCUT2D eigenvalue weighted by atomic mass is 10.1. The highest BCUT2D eigenvalue weighted by Crippen LogP contribution is 2.18. The Bertz CT molecular complexity index is 1310. The number of aryl methyl sites for hydroxylation is 1. The summed E-state index contributed by atoms with van der Waals surface area (Å²) in [5.41, 5.74) is 1.48. The minimum absolute atomic E-state index is 0.0987. The molecule has 0 radical (unpaired) electrons. The Morgan fingerprint density at radius 3 is 2.66 bits per heavy atom. The van der Waals surface area contributed by atoms with Gasteiger partial charge in [0.2, 0.25) is 0 Å². The fourth-order valence-electron chi connectivity index (χ4n) is 4.07. The van der Waals surface area contributed by atoms with E-state index in [1.807, 2.05) is 36.1 Å². The lowest BCUT2D eigenvalue weighted by molar-refractivity contribution is 0.0745. The number of carbonyl (C=O) groups excluding carboxylic acids is 1. The maximum atomic E-state index is 13.3. The van der Waals surface area contributed by atoms with Gasteiger partial charge in [-0.25, -0.2) is 4.98 Å². The van der Waals surface area contributed by atoms with E-state index in [2.05, 4.69) is 14.9 Å². The molecule has 4 aromatic rings. The van der Waals surface area contributed by atoms with Crippen molar-refractivity contribution < 1.29 is 9.21 Å². The van der Waals surface area contributed by atoms with Crippen LogP contribution in [0.3, 0.4) is 0 Å². The molecule has 4 aromatic heterocycles. The number of amides is 1. The first kappa shape index (κ1) is 20.0. The van der Waals surface area contributed by atoms with Gasteiger partial charge in [-0.15, -0.1) is 0 Å². The van der Waals surface area contributed by atoms with Crippen LogP contribution in [-0.4, -0.2) is 51.5 Å². The first-order valence-electron chi connectivity index (χ1n) is 10.6. The van der Waals surface area contributed by atoms with Gasteiger partial charge in [0, 0.05) is 38.6 Å². The van der Waals surface area contributed by atoms with Crippen LogP contribution in [0.5, 0.6) is 0 Å². The number of rotatable bonds is 4. The molecule has 32 heavy (non-hydrogen) atoms. The molecule has 0 aliphatic carbocycles. The van der Waals surface area contributed by atoms with Crippen molar-refractivity contribution >= 4 is 22.6 Å². The Morgan fingerprint density at radius 2 is 1.94 bits per heavy atom. The van der Waals surface area contributed by atoms with E-state index >= 15 is 0 Å². The van der Waals surface area contributed by atoms with Crippen LogP contribution in [0.4, 0.5) is 5.82 Å². The number of nitrogens with zero attached hydrogens (tertiary/aromatic N) is 5. The number of piperazine rings is 1. The van der Waals surface area contributed by atoms with Crippen molar-refractivity contribution in [1.29, 1.82) is 0 Å². The molecule has 0 atom stereocenters. The second-order valence-corrected chi connectivity index (χ2v) is 7.85. The van der Waals surface area contributed by atoms with Gasteiger partial charge in [-0.05, 0) is 43.3 Å². The first-order valence-corrected chi connectivity index (χ1v) is 10.6. The number of furan rings is 1. The molecule has 0 N–H and O–H groups in total. The molecule has 0 spiro atoms. The summed E-state index contributed by atoms with van der Waals surface area (Å²) in [7, 11) is 0. The summed E-state index contributed by atoms with van der Waals surface area (Å²) in [6.45, 7) is 4.73. The monoisotopic (exact) mass is 429 g/mol. The van der Waals surface area contributed by atoms with Crippen LogP contribution in [0.25, 0.3) is 10.9 Å². The topological polar surface area (TPSA) is 84.5 Å². The lowest BCUT2D eigenvalue weighted by Crippen LogP contribution is -2.49. The van der Waals surface area contributed by atoms with E-state index in [1.165, 1.54) is 0 Å². The van der Waals surface area contributed by atoms with E-state index in [0.29, 0.717) is 60.6 Å². The van der Waals surface area contributed by atoms with Gasteiger partial charge in [0.05, 0.1) is 35.0 Å². The van der Waals surface area contributed by atoms with E-state index < -0.39 is 0 Å². The number of aromatic nitrogens is 3. The molecule has 1 aliphatic heterocycles. The van der Waals surface area contributed by atoms with Gasteiger partial charge >= 0.3 is 0 Å². The third kappa shape index (κ3) is 3.75. The summed E-state index contributed by atoms with van der Waals surface area (Å²) >= 11 is 0. The number of hydrogen-bond donors (Lipinski definition) is 0. The average Bonchev–Trinajstić information content (AvgIpc) is 3.34. The molecular formula is C24H23N5O3. The van der Waals surface area contributed by atoms with Gasteiger partial charge < -0.3 is 18.8 Å². The molecule has 0 unspecified atom stereocenters. The third-order valence-corrected chi connectivity index (χ3v) is 5.82. The van der Waals surface area contributed by atoms with Crippen LogP contribution in [-0.2, 0) is 6.54 Å². The smallest absolute Gasteiger partial charge is 0.260 e. The maximum absolute atomic E-state index is 13.3. The predicted molar refractivity (Wildman–Crippen MR) is 121 cm³/mol. The van der Waals surface area contributed by atoms with Gasteiger partial charge in [0.15, 0.2) is 0 Å². The highest BCUT2D eigenvalue weighted by atomic mass is 16.3. The molecular weight excluding hydrogens is 406 g/mol. The van der Waals surface area contributed by atoms with E-state index in [-0.39, 0.29) is 11.5 Å². The quantitative estimate of drug-likeness (QED) is 0.496. The zero-order valence-corrected chi connectivity index (χ0v) is 17.8. The molecule has 1 amide bonds. The third-order valence-electron chi connectivity index (χ3n) is 5.82. The average molecular weight is 429 g/mol. The fraction of sp³-hybridized carbons (Fsp3) is 0.250. The molecule has 1 saturated heterocycles. The second kappa shape index (κ2) is 8.30. The maximum Gasteiger partial charge on any atom is 0.260 e. The van der Waals surface area contributed by atoms with Gasteiger partial charge in [0.25, 0.3) is 11.5 Å². The van der Waals surface area contributed by atoms with Crippen molar-refractivity contribution in [3.8, 4) is 0 Å². The zero-order valence-electron chi connectivity index (χ0n) is 17.8. The van der Waals surface area contributed by atoms with Crippen molar-refractivity contribution in [2.45, 2.75) is 13.5 Å². The molecule has 0 bridgehead atoms. The minimum Gasteiger partial charge on any atom is -0.467 e. The van der Waals surface area contributed by atoms with Gasteiger partial charge in [-0.2, -0.15) is 0 Å². The normalized spacial score (nSPS) is 14.2. The Kier molecular flexibility index (Phi) is 5.18. The molecule has 1 fully saturated rings. The summed E-state index contributed by atoms with van der Waals surface area (Å²) in [6, 6.07) is 12.9. The van der Waals surface area contributed by atoms with Crippen LogP contribution in [0.1, 0.15) is 21.8 Å². The summed E-state index contributed by atoms with van der Waals surface area (Å²) in [5, 5.41) is 0.431. The van der Waals surface area contributed by atoms with E-state index in [4.69, 9.17) is 4.42 Å². The first-order chi connectivity index (χ1) is 15.6. The van der Waals surface area contributed by atoms with Crippen LogP contribution in [0.15, 0.2) is 70.3 Å². The SMILES string of the molecule is Cc1nc2ccn(Cc3ccco3)c(=O)c2cc1C(=O)N1CCN(c2ccccn2)CC1. The Morgan fingerprint density at radius 1 is 1.09 bits per heavy atom. The number of carbonyl (C=O) groups is 1.